The molecule has 1 amide bonds. The molecule has 1 aliphatic carbocycles. The lowest BCUT2D eigenvalue weighted by Gasteiger charge is -2.28. The Hall–Kier alpha value is -1.07. The fourth-order valence-electron chi connectivity index (χ4n) is 2.79. The lowest BCUT2D eigenvalue weighted by molar-refractivity contribution is -0.144. The minimum absolute atomic E-state index is 0.00262. The van der Waals surface area contributed by atoms with Gasteiger partial charge in [-0.3, -0.25) is 9.59 Å². The number of aliphatic carboxylic acids is 1. The molecule has 0 heterocycles. The average Bonchev–Trinajstić information content (AvgIpc) is 2.43. The SMILES string of the molecule is O=C(NCC1CCCCC1C(=O)O)c1cc(Cl)cc(Br)c1. The largest absolute Gasteiger partial charge is 0.481 e. The molecular weight excluding hydrogens is 358 g/mol. The van der Waals surface area contributed by atoms with Crippen LogP contribution in [0.3, 0.4) is 0 Å². The molecule has 0 radical (unpaired) electrons. The first kappa shape index (κ1) is 16.3. The zero-order chi connectivity index (χ0) is 15.4. The van der Waals surface area contributed by atoms with Gasteiger partial charge in [0.1, 0.15) is 0 Å². The minimum atomic E-state index is -0.764. The van der Waals surface area contributed by atoms with Crippen LogP contribution in [0.2, 0.25) is 5.02 Å². The molecule has 1 aromatic carbocycles. The number of amides is 1. The van der Waals surface area contributed by atoms with Crippen molar-refractivity contribution in [3.05, 3.63) is 33.3 Å². The van der Waals surface area contributed by atoms with E-state index in [2.05, 4.69) is 21.2 Å². The summed E-state index contributed by atoms with van der Waals surface area (Å²) in [6.07, 6.45) is 3.50. The number of hydrogen-bond donors (Lipinski definition) is 2. The number of carbonyl (C=O) groups excluding carboxylic acids is 1. The molecule has 114 valence electrons. The number of carbonyl (C=O) groups is 2. The van der Waals surface area contributed by atoms with E-state index in [1.807, 2.05) is 0 Å². The third-order valence-electron chi connectivity index (χ3n) is 3.88. The van der Waals surface area contributed by atoms with Crippen LogP contribution in [0.15, 0.2) is 22.7 Å². The van der Waals surface area contributed by atoms with E-state index < -0.39 is 5.97 Å². The van der Waals surface area contributed by atoms with E-state index in [1.165, 1.54) is 0 Å². The number of benzene rings is 1. The smallest absolute Gasteiger partial charge is 0.306 e. The first-order chi connectivity index (χ1) is 9.97. The van der Waals surface area contributed by atoms with E-state index in [-0.39, 0.29) is 17.7 Å². The molecule has 4 nitrogen and oxygen atoms in total. The van der Waals surface area contributed by atoms with Crippen molar-refractivity contribution in [2.45, 2.75) is 25.7 Å². The van der Waals surface area contributed by atoms with Gasteiger partial charge in [-0.25, -0.2) is 0 Å². The Balaban J connectivity index is 1.98. The molecule has 0 aromatic heterocycles. The highest BCUT2D eigenvalue weighted by Crippen LogP contribution is 2.30. The molecule has 1 saturated carbocycles. The molecule has 0 aliphatic heterocycles. The third-order valence-corrected chi connectivity index (χ3v) is 4.55. The average molecular weight is 375 g/mol. The quantitative estimate of drug-likeness (QED) is 0.844. The van der Waals surface area contributed by atoms with Crippen LogP contribution < -0.4 is 5.32 Å². The van der Waals surface area contributed by atoms with E-state index in [9.17, 15) is 14.7 Å². The van der Waals surface area contributed by atoms with E-state index >= 15 is 0 Å². The second kappa shape index (κ2) is 7.27. The molecule has 0 bridgehead atoms. The van der Waals surface area contributed by atoms with Crippen LogP contribution in [-0.4, -0.2) is 23.5 Å². The van der Waals surface area contributed by atoms with E-state index in [0.717, 1.165) is 23.7 Å². The van der Waals surface area contributed by atoms with Gasteiger partial charge >= 0.3 is 5.97 Å². The summed E-state index contributed by atoms with van der Waals surface area (Å²) in [7, 11) is 0. The molecular formula is C15H17BrClNO3. The van der Waals surface area contributed by atoms with Gasteiger partial charge in [0.05, 0.1) is 5.92 Å². The Morgan fingerprint density at radius 2 is 2.00 bits per heavy atom. The van der Waals surface area contributed by atoms with Crippen molar-refractivity contribution in [1.29, 1.82) is 0 Å². The summed E-state index contributed by atoms with van der Waals surface area (Å²) in [5, 5.41) is 12.5. The normalized spacial score (nSPS) is 21.8. The van der Waals surface area contributed by atoms with Crippen molar-refractivity contribution in [1.82, 2.24) is 5.32 Å². The van der Waals surface area contributed by atoms with Gasteiger partial charge < -0.3 is 10.4 Å². The van der Waals surface area contributed by atoms with Crippen LogP contribution in [0.25, 0.3) is 0 Å². The van der Waals surface area contributed by atoms with Crippen molar-refractivity contribution in [2.24, 2.45) is 11.8 Å². The van der Waals surface area contributed by atoms with Gasteiger partial charge in [-0.05, 0) is 37.0 Å². The Kier molecular flexibility index (Phi) is 5.65. The minimum Gasteiger partial charge on any atom is -0.481 e. The highest BCUT2D eigenvalue weighted by atomic mass is 79.9. The molecule has 1 aromatic rings. The fourth-order valence-corrected chi connectivity index (χ4v) is 3.65. The molecule has 6 heteroatoms. The van der Waals surface area contributed by atoms with Gasteiger partial charge in [-0.1, -0.05) is 40.4 Å². The summed E-state index contributed by atoms with van der Waals surface area (Å²) >= 11 is 9.22. The van der Waals surface area contributed by atoms with Gasteiger partial charge in [0.15, 0.2) is 0 Å². The Labute approximate surface area is 137 Å². The van der Waals surface area contributed by atoms with Crippen LogP contribution in [0.5, 0.6) is 0 Å². The number of halogens is 2. The number of hydrogen-bond acceptors (Lipinski definition) is 2. The Morgan fingerprint density at radius 3 is 2.67 bits per heavy atom. The maximum atomic E-state index is 12.1. The second-order valence-corrected chi connectivity index (χ2v) is 6.71. The van der Waals surface area contributed by atoms with Crippen molar-refractivity contribution >= 4 is 39.4 Å². The van der Waals surface area contributed by atoms with Crippen molar-refractivity contribution in [3.63, 3.8) is 0 Å². The van der Waals surface area contributed by atoms with Gasteiger partial charge in [-0.15, -0.1) is 0 Å². The van der Waals surface area contributed by atoms with Crippen LogP contribution in [0, 0.1) is 11.8 Å². The van der Waals surface area contributed by atoms with Gasteiger partial charge in [0.2, 0.25) is 0 Å². The predicted molar refractivity (Wildman–Crippen MR) is 84.6 cm³/mol. The second-order valence-electron chi connectivity index (χ2n) is 5.36. The third kappa shape index (κ3) is 4.45. The molecule has 2 atom stereocenters. The van der Waals surface area contributed by atoms with Crippen LogP contribution in [-0.2, 0) is 4.79 Å². The standard InChI is InChI=1S/C15H17BrClNO3/c16-11-5-10(6-12(17)7-11)14(19)18-8-9-3-1-2-4-13(9)15(20)21/h5-7,9,13H,1-4,8H2,(H,18,19)(H,20,21). The molecule has 0 spiro atoms. The molecule has 1 fully saturated rings. The topological polar surface area (TPSA) is 66.4 Å². The van der Waals surface area contributed by atoms with Crippen molar-refractivity contribution in [3.8, 4) is 0 Å². The zero-order valence-electron chi connectivity index (χ0n) is 11.4. The lowest BCUT2D eigenvalue weighted by atomic mass is 9.79. The first-order valence-corrected chi connectivity index (χ1v) is 8.11. The summed E-state index contributed by atoms with van der Waals surface area (Å²) in [6.45, 7) is 0.389. The van der Waals surface area contributed by atoms with Crippen LogP contribution in [0.4, 0.5) is 0 Å². The molecule has 21 heavy (non-hydrogen) atoms. The van der Waals surface area contributed by atoms with Crippen molar-refractivity contribution < 1.29 is 14.7 Å². The highest BCUT2D eigenvalue weighted by molar-refractivity contribution is 9.10. The molecule has 2 N–H and O–H groups in total. The molecule has 1 aliphatic rings. The number of rotatable bonds is 4. The maximum absolute atomic E-state index is 12.1. The summed E-state index contributed by atoms with van der Waals surface area (Å²) in [4.78, 5) is 23.4. The maximum Gasteiger partial charge on any atom is 0.306 e. The van der Waals surface area contributed by atoms with E-state index in [0.29, 0.717) is 23.6 Å². The fraction of sp³-hybridized carbons (Fsp3) is 0.467. The monoisotopic (exact) mass is 373 g/mol. The van der Waals surface area contributed by atoms with Gasteiger partial charge in [0.25, 0.3) is 5.91 Å². The van der Waals surface area contributed by atoms with Crippen LogP contribution >= 0.6 is 27.5 Å². The van der Waals surface area contributed by atoms with Crippen molar-refractivity contribution in [2.75, 3.05) is 6.54 Å². The predicted octanol–water partition coefficient (Wildman–Crippen LogP) is 3.72. The summed E-state index contributed by atoms with van der Waals surface area (Å²) in [5.41, 5.74) is 0.469. The first-order valence-electron chi connectivity index (χ1n) is 6.94. The lowest BCUT2D eigenvalue weighted by Crippen LogP contribution is -2.37. The molecule has 2 rings (SSSR count). The van der Waals surface area contributed by atoms with Crippen LogP contribution in [0.1, 0.15) is 36.0 Å². The zero-order valence-corrected chi connectivity index (χ0v) is 13.8. The van der Waals surface area contributed by atoms with E-state index in [1.54, 1.807) is 18.2 Å². The summed E-state index contributed by atoms with van der Waals surface area (Å²) < 4.78 is 0.737. The molecule has 2 unspecified atom stereocenters. The summed E-state index contributed by atoms with van der Waals surface area (Å²) in [6, 6.07) is 4.99. The molecule has 0 saturated heterocycles. The highest BCUT2D eigenvalue weighted by Gasteiger charge is 2.30. The summed E-state index contributed by atoms with van der Waals surface area (Å²) in [5.74, 6) is -1.35. The van der Waals surface area contributed by atoms with E-state index in [4.69, 9.17) is 11.6 Å². The Bertz CT molecular complexity index is 529. The van der Waals surface area contributed by atoms with Gasteiger partial charge in [-0.2, -0.15) is 0 Å². The van der Waals surface area contributed by atoms with Gasteiger partial charge in [0, 0.05) is 21.6 Å². The number of nitrogens with one attached hydrogen (secondary N) is 1. The number of carboxylic acid groups (broad SMARTS) is 1. The number of carboxylic acids is 1. The Morgan fingerprint density at radius 1 is 1.29 bits per heavy atom.